The molecule has 0 spiro atoms. The van der Waals surface area contributed by atoms with Crippen LogP contribution in [0.3, 0.4) is 0 Å². The first-order valence-electron chi connectivity index (χ1n) is 4.60. The summed E-state index contributed by atoms with van der Waals surface area (Å²) < 4.78 is 27.8. The van der Waals surface area contributed by atoms with Gasteiger partial charge in [-0.15, -0.1) is 0 Å². The third-order valence-electron chi connectivity index (χ3n) is 2.03. The lowest BCUT2D eigenvalue weighted by molar-refractivity contribution is 0.292. The molecule has 1 aliphatic rings. The molecule has 7 heteroatoms. The summed E-state index contributed by atoms with van der Waals surface area (Å²) >= 11 is 0. The fourth-order valence-corrected chi connectivity index (χ4v) is 1.74. The van der Waals surface area contributed by atoms with Crippen molar-refractivity contribution in [3.05, 3.63) is 17.8 Å². The molecule has 6 nitrogen and oxygen atoms in total. The first-order valence-corrected chi connectivity index (χ1v) is 6.15. The zero-order chi connectivity index (χ0) is 11.8. The molecule has 1 fully saturated rings. The van der Waals surface area contributed by atoms with Gasteiger partial charge in [0, 0.05) is 12.3 Å². The van der Waals surface area contributed by atoms with Crippen LogP contribution in [0.15, 0.2) is 17.3 Å². The molecule has 0 saturated heterocycles. The summed E-state index contributed by atoms with van der Waals surface area (Å²) in [7, 11) is -3.92. The summed E-state index contributed by atoms with van der Waals surface area (Å²) in [6, 6.07) is 3.20. The molecule has 0 amide bonds. The number of sulfonamides is 1. The van der Waals surface area contributed by atoms with Crippen molar-refractivity contribution in [2.24, 2.45) is 5.14 Å². The van der Waals surface area contributed by atoms with Gasteiger partial charge in [0.25, 0.3) is 10.0 Å². The molecule has 0 aliphatic heterocycles. The highest BCUT2D eigenvalue weighted by Gasteiger charge is 2.27. The zero-order valence-corrected chi connectivity index (χ0v) is 9.07. The molecule has 0 atom stereocenters. The Morgan fingerprint density at radius 2 is 2.25 bits per heavy atom. The van der Waals surface area contributed by atoms with Crippen LogP contribution < -0.4 is 9.88 Å². The van der Waals surface area contributed by atoms with Crippen molar-refractivity contribution in [2.75, 3.05) is 0 Å². The van der Waals surface area contributed by atoms with E-state index in [-0.39, 0.29) is 22.4 Å². The number of nitriles is 1. The smallest absolute Gasteiger partial charge is 0.259 e. The molecule has 0 unspecified atom stereocenters. The highest BCUT2D eigenvalue weighted by atomic mass is 32.2. The summed E-state index contributed by atoms with van der Waals surface area (Å²) in [6.45, 7) is 0. The largest absolute Gasteiger partial charge is 0.487 e. The van der Waals surface area contributed by atoms with Gasteiger partial charge in [0.2, 0.25) is 5.03 Å². The van der Waals surface area contributed by atoms with Crippen molar-refractivity contribution < 1.29 is 13.2 Å². The molecule has 0 bridgehead atoms. The molecular formula is C9H9N3O3S. The molecule has 1 aromatic rings. The number of nitrogens with two attached hydrogens (primary N) is 1. The second-order valence-electron chi connectivity index (χ2n) is 3.50. The first-order chi connectivity index (χ1) is 7.50. The maximum atomic E-state index is 11.2. The number of primary sulfonamides is 1. The predicted molar refractivity (Wildman–Crippen MR) is 54.0 cm³/mol. The van der Waals surface area contributed by atoms with Gasteiger partial charge < -0.3 is 4.74 Å². The molecule has 84 valence electrons. The van der Waals surface area contributed by atoms with Gasteiger partial charge in [-0.3, -0.25) is 0 Å². The van der Waals surface area contributed by atoms with Crippen LogP contribution in [0.25, 0.3) is 0 Å². The van der Waals surface area contributed by atoms with E-state index in [1.807, 2.05) is 6.07 Å². The molecular weight excluding hydrogens is 230 g/mol. The van der Waals surface area contributed by atoms with Crippen LogP contribution in [0.4, 0.5) is 0 Å². The normalized spacial score (nSPS) is 15.5. The van der Waals surface area contributed by atoms with Crippen LogP contribution in [-0.4, -0.2) is 19.5 Å². The number of pyridine rings is 1. The molecule has 1 aromatic heterocycles. The van der Waals surface area contributed by atoms with Gasteiger partial charge in [0.15, 0.2) is 5.75 Å². The van der Waals surface area contributed by atoms with Gasteiger partial charge in [-0.1, -0.05) is 0 Å². The fourth-order valence-electron chi connectivity index (χ4n) is 1.16. The second-order valence-corrected chi connectivity index (χ2v) is 4.98. The standard InChI is InChI=1S/C9H9N3O3S/c10-4-6-3-8(15-7-1-2-7)9(12-5-6)16(11,13)14/h3,5,7H,1-2H2,(H2,11,13,14). The average molecular weight is 239 g/mol. The highest BCUT2D eigenvalue weighted by molar-refractivity contribution is 7.89. The Morgan fingerprint density at radius 1 is 1.56 bits per heavy atom. The fraction of sp³-hybridized carbons (Fsp3) is 0.333. The van der Waals surface area contributed by atoms with E-state index in [1.54, 1.807) is 0 Å². The third-order valence-corrected chi connectivity index (χ3v) is 2.88. The number of ether oxygens (including phenoxy) is 1. The van der Waals surface area contributed by atoms with Crippen molar-refractivity contribution in [1.82, 2.24) is 4.98 Å². The van der Waals surface area contributed by atoms with Gasteiger partial charge in [0.1, 0.15) is 6.07 Å². The van der Waals surface area contributed by atoms with Crippen molar-refractivity contribution >= 4 is 10.0 Å². The van der Waals surface area contributed by atoms with Gasteiger partial charge in [-0.05, 0) is 12.8 Å². The molecule has 1 heterocycles. The number of aromatic nitrogens is 1. The Kier molecular flexibility index (Phi) is 2.53. The van der Waals surface area contributed by atoms with Crippen LogP contribution in [0.2, 0.25) is 0 Å². The lowest BCUT2D eigenvalue weighted by Crippen LogP contribution is -2.16. The maximum Gasteiger partial charge on any atom is 0.259 e. The van der Waals surface area contributed by atoms with E-state index in [2.05, 4.69) is 4.98 Å². The van der Waals surface area contributed by atoms with E-state index in [9.17, 15) is 8.42 Å². The van der Waals surface area contributed by atoms with Gasteiger partial charge in [-0.25, -0.2) is 18.5 Å². The Morgan fingerprint density at radius 3 is 2.75 bits per heavy atom. The maximum absolute atomic E-state index is 11.2. The average Bonchev–Trinajstić information content (AvgIpc) is 3.00. The molecule has 2 N–H and O–H groups in total. The molecule has 1 saturated carbocycles. The SMILES string of the molecule is N#Cc1cnc(S(N)(=O)=O)c(OC2CC2)c1. The van der Waals surface area contributed by atoms with Crippen LogP contribution in [0.1, 0.15) is 18.4 Å². The monoisotopic (exact) mass is 239 g/mol. The summed E-state index contributed by atoms with van der Waals surface area (Å²) in [4.78, 5) is 3.64. The highest BCUT2D eigenvalue weighted by Crippen LogP contribution is 2.30. The lowest BCUT2D eigenvalue weighted by atomic mass is 10.3. The minimum Gasteiger partial charge on any atom is -0.487 e. The Bertz CT molecular complexity index is 558. The van der Waals surface area contributed by atoms with Gasteiger partial charge in [0.05, 0.1) is 11.7 Å². The van der Waals surface area contributed by atoms with Crippen LogP contribution in [-0.2, 0) is 10.0 Å². The summed E-state index contributed by atoms with van der Waals surface area (Å²) in [5.74, 6) is 0.0593. The van der Waals surface area contributed by atoms with Crippen LogP contribution in [0.5, 0.6) is 5.75 Å². The molecule has 0 aromatic carbocycles. The summed E-state index contributed by atoms with van der Waals surface area (Å²) in [5.41, 5.74) is 0.239. The molecule has 16 heavy (non-hydrogen) atoms. The van der Waals surface area contributed by atoms with Crippen molar-refractivity contribution in [3.63, 3.8) is 0 Å². The minimum atomic E-state index is -3.92. The van der Waals surface area contributed by atoms with Crippen LogP contribution >= 0.6 is 0 Å². The molecule has 1 aliphatic carbocycles. The van der Waals surface area contributed by atoms with Gasteiger partial charge >= 0.3 is 0 Å². The Labute approximate surface area is 92.7 Å². The minimum absolute atomic E-state index is 0.0104. The van der Waals surface area contributed by atoms with E-state index in [4.69, 9.17) is 15.1 Å². The van der Waals surface area contributed by atoms with E-state index in [1.165, 1.54) is 6.07 Å². The third kappa shape index (κ3) is 2.29. The van der Waals surface area contributed by atoms with Gasteiger partial charge in [-0.2, -0.15) is 5.26 Å². The van der Waals surface area contributed by atoms with Crippen molar-refractivity contribution in [1.29, 1.82) is 5.26 Å². The van der Waals surface area contributed by atoms with Crippen LogP contribution in [0, 0.1) is 11.3 Å². The van der Waals surface area contributed by atoms with E-state index >= 15 is 0 Å². The van der Waals surface area contributed by atoms with E-state index in [0.29, 0.717) is 0 Å². The topological polar surface area (TPSA) is 106 Å². The first kappa shape index (κ1) is 10.9. The Hall–Kier alpha value is -1.65. The Balaban J connectivity index is 2.47. The number of hydrogen-bond acceptors (Lipinski definition) is 5. The summed E-state index contributed by atoms with van der Waals surface area (Å²) in [5, 5.41) is 13.4. The second kappa shape index (κ2) is 3.73. The quantitative estimate of drug-likeness (QED) is 0.807. The van der Waals surface area contributed by atoms with Crippen molar-refractivity contribution in [3.8, 4) is 11.8 Å². The van der Waals surface area contributed by atoms with E-state index < -0.39 is 10.0 Å². The molecule has 2 rings (SSSR count). The van der Waals surface area contributed by atoms with E-state index in [0.717, 1.165) is 19.0 Å². The molecule has 0 radical (unpaired) electrons. The number of nitrogens with zero attached hydrogens (tertiary/aromatic N) is 2. The number of rotatable bonds is 3. The van der Waals surface area contributed by atoms with Crippen molar-refractivity contribution in [2.45, 2.75) is 24.0 Å². The summed E-state index contributed by atoms with van der Waals surface area (Å²) in [6.07, 6.45) is 2.91. The number of hydrogen-bond donors (Lipinski definition) is 1. The predicted octanol–water partition coefficient (Wildman–Crippen LogP) is 0.142. The zero-order valence-electron chi connectivity index (χ0n) is 8.25. The lowest BCUT2D eigenvalue weighted by Gasteiger charge is -2.08.